The number of nitrogens with zero attached hydrogens (tertiary/aromatic N) is 1. The van der Waals surface area contributed by atoms with Crippen LogP contribution in [0.4, 0.5) is 0 Å². The van der Waals surface area contributed by atoms with E-state index in [0.29, 0.717) is 17.1 Å². The molecule has 2 aliphatic rings. The van der Waals surface area contributed by atoms with E-state index in [0.717, 1.165) is 25.7 Å². The summed E-state index contributed by atoms with van der Waals surface area (Å²) in [5.74, 6) is -0.852. The molecule has 2 fully saturated rings. The van der Waals surface area contributed by atoms with Gasteiger partial charge in [-0.25, -0.2) is 0 Å². The largest absolute Gasteiger partial charge is 0.507 e. The molecule has 1 amide bonds. The molecule has 0 aromatic heterocycles. The number of rotatable bonds is 6. The highest BCUT2D eigenvalue weighted by Gasteiger charge is 2.49. The van der Waals surface area contributed by atoms with E-state index in [4.69, 9.17) is 14.2 Å². The van der Waals surface area contributed by atoms with Gasteiger partial charge in [-0.3, -0.25) is 9.59 Å². The van der Waals surface area contributed by atoms with Gasteiger partial charge < -0.3 is 29.3 Å². The molecule has 8 nitrogen and oxygen atoms in total. The first kappa shape index (κ1) is 22.5. The monoisotopic (exact) mass is 453 g/mol. The van der Waals surface area contributed by atoms with Crippen LogP contribution in [0, 0.1) is 0 Å². The lowest BCUT2D eigenvalue weighted by Crippen LogP contribution is -2.37. The van der Waals surface area contributed by atoms with Gasteiger partial charge in [0.1, 0.15) is 17.3 Å². The van der Waals surface area contributed by atoms with E-state index in [1.165, 1.54) is 27.4 Å². The van der Waals surface area contributed by atoms with Crippen molar-refractivity contribution in [2.24, 2.45) is 0 Å². The summed E-state index contributed by atoms with van der Waals surface area (Å²) in [6.07, 6.45) is 3.46. The van der Waals surface area contributed by atoms with Crippen molar-refractivity contribution in [2.45, 2.75) is 37.8 Å². The van der Waals surface area contributed by atoms with Gasteiger partial charge in [-0.15, -0.1) is 0 Å². The number of methoxy groups -OCH3 is 3. The first-order valence-corrected chi connectivity index (χ1v) is 10.8. The number of benzene rings is 2. The molecular formula is C25H27NO7. The van der Waals surface area contributed by atoms with Gasteiger partial charge in [0, 0.05) is 6.04 Å². The lowest BCUT2D eigenvalue weighted by molar-refractivity contribution is -0.141. The molecule has 1 heterocycles. The van der Waals surface area contributed by atoms with Gasteiger partial charge in [0.05, 0.1) is 38.5 Å². The number of hydrogen-bond acceptors (Lipinski definition) is 7. The number of phenols is 1. The summed E-state index contributed by atoms with van der Waals surface area (Å²) in [7, 11) is 4.38. The first-order valence-electron chi connectivity index (χ1n) is 10.8. The minimum atomic E-state index is -0.860. The maximum Gasteiger partial charge on any atom is 0.295 e. The molecule has 0 radical (unpaired) electrons. The summed E-state index contributed by atoms with van der Waals surface area (Å²) in [5, 5.41) is 21.8. The van der Waals surface area contributed by atoms with E-state index in [9.17, 15) is 19.8 Å². The molecule has 1 saturated carbocycles. The Morgan fingerprint density at radius 1 is 0.939 bits per heavy atom. The van der Waals surface area contributed by atoms with Gasteiger partial charge >= 0.3 is 0 Å². The van der Waals surface area contributed by atoms with Crippen LogP contribution < -0.4 is 14.2 Å². The molecule has 1 aliphatic carbocycles. The second-order valence-corrected chi connectivity index (χ2v) is 8.14. The maximum absolute atomic E-state index is 13.3. The van der Waals surface area contributed by atoms with E-state index in [2.05, 4.69) is 0 Å². The van der Waals surface area contributed by atoms with Crippen LogP contribution in [0.2, 0.25) is 0 Å². The quantitative estimate of drug-likeness (QED) is 0.390. The van der Waals surface area contributed by atoms with Crippen molar-refractivity contribution in [2.75, 3.05) is 21.3 Å². The third kappa shape index (κ3) is 3.86. The summed E-state index contributed by atoms with van der Waals surface area (Å²) in [5.41, 5.74) is 0.690. The van der Waals surface area contributed by atoms with E-state index < -0.39 is 17.7 Å². The number of amides is 1. The highest BCUT2D eigenvalue weighted by atomic mass is 16.5. The van der Waals surface area contributed by atoms with Crippen molar-refractivity contribution in [3.05, 3.63) is 53.1 Å². The molecule has 2 N–H and O–H groups in total. The molecule has 2 aromatic carbocycles. The van der Waals surface area contributed by atoms with Gasteiger partial charge in [0.2, 0.25) is 0 Å². The third-order valence-corrected chi connectivity index (χ3v) is 6.38. The second-order valence-electron chi connectivity index (χ2n) is 8.14. The Kier molecular flexibility index (Phi) is 6.18. The predicted molar refractivity (Wildman–Crippen MR) is 121 cm³/mol. The number of Topliss-reactive ketones (excluding diaryl/α,β-unsaturated/α-hetero) is 1. The van der Waals surface area contributed by atoms with Crippen LogP contribution in [0.25, 0.3) is 5.76 Å². The van der Waals surface area contributed by atoms with Crippen LogP contribution in [-0.4, -0.2) is 54.2 Å². The van der Waals surface area contributed by atoms with Crippen LogP contribution in [0.15, 0.2) is 42.0 Å². The van der Waals surface area contributed by atoms with Gasteiger partial charge in [-0.2, -0.15) is 0 Å². The molecule has 0 bridgehead atoms. The van der Waals surface area contributed by atoms with E-state index in [-0.39, 0.29) is 34.4 Å². The molecule has 1 atom stereocenters. The van der Waals surface area contributed by atoms with Gasteiger partial charge in [0.15, 0.2) is 11.5 Å². The van der Waals surface area contributed by atoms with Gasteiger partial charge in [-0.1, -0.05) is 18.9 Å². The average Bonchev–Trinajstić information content (AvgIpc) is 3.44. The molecule has 1 unspecified atom stereocenters. The predicted octanol–water partition coefficient (Wildman–Crippen LogP) is 3.78. The van der Waals surface area contributed by atoms with E-state index in [1.807, 2.05) is 0 Å². The Morgan fingerprint density at radius 2 is 1.61 bits per heavy atom. The molecular weight excluding hydrogens is 426 g/mol. The van der Waals surface area contributed by atoms with Crippen LogP contribution >= 0.6 is 0 Å². The Bertz CT molecular complexity index is 1120. The van der Waals surface area contributed by atoms with Gasteiger partial charge in [-0.05, 0) is 48.7 Å². The number of phenolic OH excluding ortho intramolecular Hbond substituents is 1. The molecule has 8 heteroatoms. The number of aliphatic hydroxyl groups is 1. The van der Waals surface area contributed by atoms with Crippen LogP contribution in [0.1, 0.15) is 42.9 Å². The zero-order valence-corrected chi connectivity index (χ0v) is 18.8. The van der Waals surface area contributed by atoms with E-state index >= 15 is 0 Å². The summed E-state index contributed by atoms with van der Waals surface area (Å²) < 4.78 is 15.8. The molecule has 2 aromatic rings. The molecule has 0 spiro atoms. The second kappa shape index (κ2) is 9.05. The highest BCUT2D eigenvalue weighted by molar-refractivity contribution is 6.46. The Hall–Kier alpha value is -3.68. The van der Waals surface area contributed by atoms with Crippen LogP contribution in [0.3, 0.4) is 0 Å². The molecule has 1 aliphatic heterocycles. The SMILES string of the molecule is COc1ccc(OC)c(/C(O)=C2\C(=O)C(=O)N(C3CCCC3)C2c2ccc(OC)c(O)c2)c1. The number of carbonyl (C=O) groups excluding carboxylic acids is 2. The summed E-state index contributed by atoms with van der Waals surface area (Å²) in [4.78, 5) is 28.0. The number of aromatic hydroxyl groups is 1. The fraction of sp³-hybridized carbons (Fsp3) is 0.360. The molecule has 33 heavy (non-hydrogen) atoms. The standard InChI is InChI=1S/C25H27NO7/c1-31-16-9-11-19(32-2)17(13-16)23(28)21-22(14-8-10-20(33-3)18(27)12-14)26(25(30)24(21)29)15-6-4-5-7-15/h8-13,15,22,27-28H,4-7H2,1-3H3/b23-21+. The fourth-order valence-corrected chi connectivity index (χ4v) is 4.76. The summed E-state index contributed by atoms with van der Waals surface area (Å²) >= 11 is 0. The number of aliphatic hydroxyl groups excluding tert-OH is 1. The Morgan fingerprint density at radius 3 is 2.21 bits per heavy atom. The maximum atomic E-state index is 13.3. The van der Waals surface area contributed by atoms with Crippen molar-refractivity contribution < 1.29 is 34.0 Å². The van der Waals surface area contributed by atoms with Gasteiger partial charge in [0.25, 0.3) is 11.7 Å². The van der Waals surface area contributed by atoms with Crippen molar-refractivity contribution in [3.8, 4) is 23.0 Å². The zero-order valence-electron chi connectivity index (χ0n) is 18.8. The number of ketones is 1. The first-order chi connectivity index (χ1) is 15.9. The summed E-state index contributed by atoms with van der Waals surface area (Å²) in [6, 6.07) is 8.58. The lowest BCUT2D eigenvalue weighted by atomic mass is 9.94. The average molecular weight is 453 g/mol. The zero-order chi connectivity index (χ0) is 23.7. The topological polar surface area (TPSA) is 106 Å². The number of likely N-dealkylation sites (tertiary alicyclic amines) is 1. The highest BCUT2D eigenvalue weighted by Crippen LogP contribution is 2.46. The van der Waals surface area contributed by atoms with Crippen LogP contribution in [0.5, 0.6) is 23.0 Å². The molecule has 4 rings (SSSR count). The smallest absolute Gasteiger partial charge is 0.295 e. The molecule has 1 saturated heterocycles. The van der Waals surface area contributed by atoms with Crippen LogP contribution in [-0.2, 0) is 9.59 Å². The van der Waals surface area contributed by atoms with E-state index in [1.54, 1.807) is 35.2 Å². The number of ether oxygens (including phenoxy) is 3. The number of hydrogen-bond donors (Lipinski definition) is 2. The van der Waals surface area contributed by atoms with Crippen molar-refractivity contribution in [1.82, 2.24) is 4.90 Å². The minimum absolute atomic E-state index is 0.0528. The molecule has 174 valence electrons. The lowest BCUT2D eigenvalue weighted by Gasteiger charge is -2.31. The van der Waals surface area contributed by atoms with Crippen molar-refractivity contribution in [3.63, 3.8) is 0 Å². The third-order valence-electron chi connectivity index (χ3n) is 6.38. The van der Waals surface area contributed by atoms with Crippen molar-refractivity contribution in [1.29, 1.82) is 0 Å². The van der Waals surface area contributed by atoms with Crippen molar-refractivity contribution >= 4 is 17.4 Å². The Balaban J connectivity index is 1.94. The normalized spacial score (nSPS) is 20.3. The fourth-order valence-electron chi connectivity index (χ4n) is 4.76. The summed E-state index contributed by atoms with van der Waals surface area (Å²) in [6.45, 7) is 0. The number of carbonyl (C=O) groups is 2. The minimum Gasteiger partial charge on any atom is -0.507 e. The Labute approximate surface area is 192 Å².